The van der Waals surface area contributed by atoms with Crippen LogP contribution in [-0.2, 0) is 28.5 Å². The van der Waals surface area contributed by atoms with Crippen molar-refractivity contribution in [2.24, 2.45) is 5.92 Å². The molecule has 0 aromatic heterocycles. The lowest BCUT2D eigenvalue weighted by atomic mass is 9.79. The summed E-state index contributed by atoms with van der Waals surface area (Å²) in [6, 6.07) is 3.71. The zero-order valence-electron chi connectivity index (χ0n) is 24.6. The quantitative estimate of drug-likeness (QED) is 0.341. The fraction of sp³-hybridized carbons (Fsp3) is 0.516. The predicted octanol–water partition coefficient (Wildman–Crippen LogP) is 6.73. The van der Waals surface area contributed by atoms with E-state index in [0.29, 0.717) is 61.8 Å². The summed E-state index contributed by atoms with van der Waals surface area (Å²) >= 11 is 0. The van der Waals surface area contributed by atoms with Crippen LogP contribution >= 0.6 is 0 Å². The SMILES string of the molecule is Cc1cc(F)ccc1[C@H]1CCCN(C(=O)C2CCC(NC(=O)O)CC2)[C@@H]1C(=O)N(C)Cc1cc(C(F)(F)F)cc(C(F)(F)F)c1. The summed E-state index contributed by atoms with van der Waals surface area (Å²) in [5.74, 6) is -2.64. The monoisotopic (exact) mass is 645 g/mol. The van der Waals surface area contributed by atoms with Gasteiger partial charge in [-0.2, -0.15) is 26.3 Å². The number of alkyl halides is 6. The molecule has 2 N–H and O–H groups in total. The molecular formula is C31H34F7N3O4. The minimum Gasteiger partial charge on any atom is -0.465 e. The molecule has 7 nitrogen and oxygen atoms in total. The number of carbonyl (C=O) groups is 3. The zero-order chi connectivity index (χ0) is 33.3. The minimum absolute atomic E-state index is 0.0148. The van der Waals surface area contributed by atoms with Crippen LogP contribution < -0.4 is 5.32 Å². The van der Waals surface area contributed by atoms with E-state index < -0.39 is 65.7 Å². The number of halogens is 7. The summed E-state index contributed by atoms with van der Waals surface area (Å²) in [5.41, 5.74) is -2.26. The number of carboxylic acid groups (broad SMARTS) is 1. The van der Waals surface area contributed by atoms with Crippen LogP contribution in [0.1, 0.15) is 72.3 Å². The zero-order valence-corrected chi connectivity index (χ0v) is 24.6. The van der Waals surface area contributed by atoms with E-state index in [0.717, 1.165) is 4.90 Å². The van der Waals surface area contributed by atoms with E-state index in [1.165, 1.54) is 30.1 Å². The number of piperidine rings is 1. The molecule has 0 unspecified atom stereocenters. The van der Waals surface area contributed by atoms with E-state index in [-0.39, 0.29) is 30.1 Å². The van der Waals surface area contributed by atoms with Gasteiger partial charge >= 0.3 is 18.4 Å². The van der Waals surface area contributed by atoms with Crippen LogP contribution in [0.3, 0.4) is 0 Å². The summed E-state index contributed by atoms with van der Waals surface area (Å²) in [6.45, 7) is 1.25. The van der Waals surface area contributed by atoms with E-state index in [4.69, 9.17) is 5.11 Å². The van der Waals surface area contributed by atoms with Crippen molar-refractivity contribution in [3.63, 3.8) is 0 Å². The molecule has 45 heavy (non-hydrogen) atoms. The van der Waals surface area contributed by atoms with Gasteiger partial charge in [-0.1, -0.05) is 6.07 Å². The van der Waals surface area contributed by atoms with Gasteiger partial charge in [-0.05, 0) is 92.5 Å². The molecule has 14 heteroatoms. The number of likely N-dealkylation sites (N-methyl/N-ethyl adjacent to an activating group) is 1. The lowest BCUT2D eigenvalue weighted by Crippen LogP contribution is -2.57. The number of benzene rings is 2. The summed E-state index contributed by atoms with van der Waals surface area (Å²) in [5, 5.41) is 11.4. The smallest absolute Gasteiger partial charge is 0.416 e. The Kier molecular flexibility index (Phi) is 10.0. The average molecular weight is 646 g/mol. The molecule has 0 bridgehead atoms. The van der Waals surface area contributed by atoms with Crippen LogP contribution in [0, 0.1) is 18.7 Å². The van der Waals surface area contributed by atoms with Crippen LogP contribution in [0.5, 0.6) is 0 Å². The third-order valence-electron chi connectivity index (χ3n) is 8.65. The second kappa shape index (κ2) is 13.3. The predicted molar refractivity (Wildman–Crippen MR) is 148 cm³/mol. The number of aryl methyl sites for hydroxylation is 1. The van der Waals surface area contributed by atoms with Crippen LogP contribution in [0.15, 0.2) is 36.4 Å². The van der Waals surface area contributed by atoms with Crippen molar-refractivity contribution in [3.8, 4) is 0 Å². The summed E-state index contributed by atoms with van der Waals surface area (Å²) in [6.07, 6.45) is -8.82. The molecule has 1 aliphatic heterocycles. The number of likely N-dealkylation sites (tertiary alicyclic amines) is 1. The van der Waals surface area contributed by atoms with Gasteiger partial charge in [0.2, 0.25) is 11.8 Å². The molecule has 2 fully saturated rings. The molecule has 4 rings (SSSR count). The first kappa shape index (κ1) is 34.0. The molecule has 0 radical (unpaired) electrons. The Balaban J connectivity index is 1.66. The van der Waals surface area contributed by atoms with E-state index in [1.807, 2.05) is 0 Å². The summed E-state index contributed by atoms with van der Waals surface area (Å²) in [7, 11) is 1.25. The number of hydrogen-bond donors (Lipinski definition) is 2. The van der Waals surface area contributed by atoms with Gasteiger partial charge in [0, 0.05) is 38.0 Å². The topological polar surface area (TPSA) is 90.0 Å². The molecular weight excluding hydrogens is 611 g/mol. The van der Waals surface area contributed by atoms with Crippen LogP contribution in [-0.4, -0.2) is 58.5 Å². The molecule has 0 spiro atoms. The van der Waals surface area contributed by atoms with Crippen molar-refractivity contribution in [1.82, 2.24) is 15.1 Å². The fourth-order valence-electron chi connectivity index (χ4n) is 6.51. The molecule has 1 aliphatic carbocycles. The van der Waals surface area contributed by atoms with Crippen LogP contribution in [0.4, 0.5) is 35.5 Å². The van der Waals surface area contributed by atoms with E-state index in [9.17, 15) is 45.1 Å². The van der Waals surface area contributed by atoms with Gasteiger partial charge in [-0.3, -0.25) is 9.59 Å². The number of nitrogens with one attached hydrogen (secondary N) is 1. The maximum atomic E-state index is 14.1. The van der Waals surface area contributed by atoms with Gasteiger partial charge in [0.05, 0.1) is 11.1 Å². The maximum Gasteiger partial charge on any atom is 0.416 e. The van der Waals surface area contributed by atoms with Gasteiger partial charge in [-0.15, -0.1) is 0 Å². The van der Waals surface area contributed by atoms with Crippen molar-refractivity contribution in [2.45, 2.75) is 82.3 Å². The molecule has 2 atom stereocenters. The Morgan fingerprint density at radius 3 is 2.07 bits per heavy atom. The highest BCUT2D eigenvalue weighted by Gasteiger charge is 2.44. The lowest BCUT2D eigenvalue weighted by molar-refractivity contribution is -0.151. The van der Waals surface area contributed by atoms with E-state index in [1.54, 1.807) is 6.92 Å². The first-order chi connectivity index (χ1) is 21.0. The number of carbonyl (C=O) groups excluding carboxylic acids is 2. The first-order valence-electron chi connectivity index (χ1n) is 14.5. The lowest BCUT2D eigenvalue weighted by Gasteiger charge is -2.44. The Labute approximate surface area is 255 Å². The highest BCUT2D eigenvalue weighted by atomic mass is 19.4. The highest BCUT2D eigenvalue weighted by molar-refractivity contribution is 5.90. The molecule has 1 saturated heterocycles. The highest BCUT2D eigenvalue weighted by Crippen LogP contribution is 2.39. The van der Waals surface area contributed by atoms with Crippen molar-refractivity contribution >= 4 is 17.9 Å². The third-order valence-corrected chi connectivity index (χ3v) is 8.65. The third kappa shape index (κ3) is 8.06. The Morgan fingerprint density at radius 1 is 0.933 bits per heavy atom. The number of rotatable bonds is 6. The largest absolute Gasteiger partial charge is 0.465 e. The minimum atomic E-state index is -5.06. The Morgan fingerprint density at radius 2 is 1.53 bits per heavy atom. The molecule has 246 valence electrons. The van der Waals surface area contributed by atoms with Crippen molar-refractivity contribution < 1.29 is 50.2 Å². The van der Waals surface area contributed by atoms with Gasteiger partial charge in [0.1, 0.15) is 11.9 Å². The molecule has 1 saturated carbocycles. The summed E-state index contributed by atoms with van der Waals surface area (Å²) in [4.78, 5) is 41.5. The Bertz CT molecular complexity index is 1390. The van der Waals surface area contributed by atoms with Crippen molar-refractivity contribution in [2.75, 3.05) is 13.6 Å². The number of amides is 3. The van der Waals surface area contributed by atoms with Gasteiger partial charge in [0.15, 0.2) is 0 Å². The molecule has 1 heterocycles. The molecule has 2 aromatic carbocycles. The van der Waals surface area contributed by atoms with E-state index in [2.05, 4.69) is 5.32 Å². The van der Waals surface area contributed by atoms with Crippen LogP contribution in [0.2, 0.25) is 0 Å². The molecule has 2 aromatic rings. The number of hydrogen-bond acceptors (Lipinski definition) is 3. The van der Waals surface area contributed by atoms with Gasteiger partial charge in [-0.25, -0.2) is 9.18 Å². The maximum absolute atomic E-state index is 14.1. The second-order valence-electron chi connectivity index (χ2n) is 11.8. The fourth-order valence-corrected chi connectivity index (χ4v) is 6.51. The molecule has 2 aliphatic rings. The standard InChI is InChI=1S/C31H34F7N3O4/c1-17-12-22(32)7-10-24(17)25-4-3-11-41(27(42)19-5-8-23(9-6-19)39-29(44)45)26(25)28(43)40(2)16-18-13-20(30(33,34)35)15-21(14-18)31(36,37)38/h7,10,12-15,19,23,25-26,39H,3-6,8-9,11,16H2,1-2H3,(H,44,45)/t19?,23?,25-,26+/m1/s1. The average Bonchev–Trinajstić information content (AvgIpc) is 2.95. The van der Waals surface area contributed by atoms with Crippen molar-refractivity contribution in [3.05, 3.63) is 70.0 Å². The van der Waals surface area contributed by atoms with Crippen LogP contribution in [0.25, 0.3) is 0 Å². The second-order valence-corrected chi connectivity index (χ2v) is 11.8. The summed E-state index contributed by atoms with van der Waals surface area (Å²) < 4.78 is 94.9. The van der Waals surface area contributed by atoms with Gasteiger partial charge in [0.25, 0.3) is 0 Å². The number of nitrogens with zero attached hydrogens (tertiary/aromatic N) is 2. The molecule has 3 amide bonds. The normalized spacial score (nSPS) is 22.6. The van der Waals surface area contributed by atoms with Gasteiger partial charge < -0.3 is 20.2 Å². The Hall–Kier alpha value is -3.84. The van der Waals surface area contributed by atoms with Crippen molar-refractivity contribution in [1.29, 1.82) is 0 Å². The first-order valence-corrected chi connectivity index (χ1v) is 14.5. The van der Waals surface area contributed by atoms with E-state index >= 15 is 0 Å².